The largest absolute Gasteiger partial charge is 0.361 e. The molecule has 4 amide bonds. The molecule has 1 aromatic heterocycles. The van der Waals surface area contributed by atoms with Gasteiger partial charge in [-0.05, 0) is 38.3 Å². The minimum absolute atomic E-state index is 0.0593. The Morgan fingerprint density at radius 1 is 1.27 bits per heavy atom. The Hall–Kier alpha value is -2.83. The Kier molecular flexibility index (Phi) is 5.25. The predicted molar refractivity (Wildman–Crippen MR) is 98.5 cm³/mol. The third-order valence-electron chi connectivity index (χ3n) is 4.50. The van der Waals surface area contributed by atoms with Crippen LogP contribution in [0, 0.1) is 0 Å². The number of amides is 4. The lowest BCUT2D eigenvalue weighted by molar-refractivity contribution is -0.127. The Morgan fingerprint density at radius 2 is 2.04 bits per heavy atom. The highest BCUT2D eigenvalue weighted by molar-refractivity contribution is 6.04. The molecular formula is C19H24N4O3. The number of carbonyl (C=O) groups excluding carboxylic acids is 3. The summed E-state index contributed by atoms with van der Waals surface area (Å²) in [4.78, 5) is 40.8. The number of benzene rings is 1. The van der Waals surface area contributed by atoms with Crippen LogP contribution in [0.15, 0.2) is 30.5 Å². The molecule has 1 aliphatic rings. The Morgan fingerprint density at radius 3 is 2.81 bits per heavy atom. The van der Waals surface area contributed by atoms with Crippen LogP contribution in [0.2, 0.25) is 0 Å². The maximum absolute atomic E-state index is 12.5. The van der Waals surface area contributed by atoms with Gasteiger partial charge in [-0.1, -0.05) is 18.2 Å². The number of imide groups is 1. The van der Waals surface area contributed by atoms with Crippen LogP contribution in [0.5, 0.6) is 0 Å². The van der Waals surface area contributed by atoms with Crippen molar-refractivity contribution in [3.05, 3.63) is 36.0 Å². The van der Waals surface area contributed by atoms with E-state index >= 15 is 0 Å². The van der Waals surface area contributed by atoms with Gasteiger partial charge >= 0.3 is 6.03 Å². The highest BCUT2D eigenvalue weighted by Crippen LogP contribution is 2.19. The van der Waals surface area contributed by atoms with Crippen molar-refractivity contribution in [3.63, 3.8) is 0 Å². The summed E-state index contributed by atoms with van der Waals surface area (Å²) in [5.74, 6) is -0.369. The first-order valence-electron chi connectivity index (χ1n) is 8.92. The Labute approximate surface area is 152 Å². The summed E-state index contributed by atoms with van der Waals surface area (Å²) < 4.78 is 0. The summed E-state index contributed by atoms with van der Waals surface area (Å²) in [6.45, 7) is 4.08. The van der Waals surface area contributed by atoms with Crippen LogP contribution >= 0.6 is 0 Å². The second-order valence-corrected chi connectivity index (χ2v) is 6.86. The minimum Gasteiger partial charge on any atom is -0.361 e. The van der Waals surface area contributed by atoms with Crippen molar-refractivity contribution >= 4 is 28.7 Å². The standard InChI is InChI=1S/C19H24N4O3/c1-12(2)21-17(24)8-7-16-18(25)23(19(26)22-16)10-9-13-11-20-15-6-4-3-5-14(13)15/h3-6,11-12,16,20H,7-10H2,1-2H3,(H,21,24)(H,22,26)/t16-/m1/s1. The van der Waals surface area contributed by atoms with Crippen LogP contribution in [0.4, 0.5) is 4.79 Å². The molecule has 7 nitrogen and oxygen atoms in total. The lowest BCUT2D eigenvalue weighted by Gasteiger charge is -2.13. The maximum Gasteiger partial charge on any atom is 0.324 e. The van der Waals surface area contributed by atoms with Gasteiger partial charge in [-0.2, -0.15) is 0 Å². The summed E-state index contributed by atoms with van der Waals surface area (Å²) in [5.41, 5.74) is 2.11. The van der Waals surface area contributed by atoms with Gasteiger partial charge in [-0.3, -0.25) is 14.5 Å². The van der Waals surface area contributed by atoms with E-state index in [2.05, 4.69) is 15.6 Å². The number of para-hydroxylation sites is 1. The zero-order valence-electron chi connectivity index (χ0n) is 15.0. The Bertz CT molecular complexity index is 827. The first kappa shape index (κ1) is 18.0. The van der Waals surface area contributed by atoms with Crippen molar-refractivity contribution < 1.29 is 14.4 Å². The van der Waals surface area contributed by atoms with Crippen molar-refractivity contribution in [2.75, 3.05) is 6.54 Å². The summed E-state index contributed by atoms with van der Waals surface area (Å²) in [7, 11) is 0. The molecule has 26 heavy (non-hydrogen) atoms. The molecule has 7 heteroatoms. The quantitative estimate of drug-likeness (QED) is 0.662. The van der Waals surface area contributed by atoms with E-state index in [4.69, 9.17) is 0 Å². The van der Waals surface area contributed by atoms with Crippen LogP contribution in [-0.4, -0.2) is 46.4 Å². The molecule has 3 rings (SSSR count). The van der Waals surface area contributed by atoms with Crippen molar-refractivity contribution in [1.29, 1.82) is 0 Å². The fourth-order valence-corrected chi connectivity index (χ4v) is 3.22. The summed E-state index contributed by atoms with van der Waals surface area (Å²) in [6.07, 6.45) is 3.03. The fraction of sp³-hybridized carbons (Fsp3) is 0.421. The molecule has 1 fully saturated rings. The van der Waals surface area contributed by atoms with Crippen LogP contribution in [0.25, 0.3) is 10.9 Å². The molecular weight excluding hydrogens is 332 g/mol. The lowest BCUT2D eigenvalue weighted by atomic mass is 10.1. The fourth-order valence-electron chi connectivity index (χ4n) is 3.22. The third kappa shape index (κ3) is 3.87. The van der Waals surface area contributed by atoms with E-state index in [-0.39, 0.29) is 30.3 Å². The second-order valence-electron chi connectivity index (χ2n) is 6.86. The number of nitrogens with zero attached hydrogens (tertiary/aromatic N) is 1. The van der Waals surface area contributed by atoms with E-state index < -0.39 is 6.04 Å². The number of H-pyrrole nitrogens is 1. The predicted octanol–water partition coefficient (Wildman–Crippen LogP) is 1.94. The van der Waals surface area contributed by atoms with Gasteiger partial charge in [0.25, 0.3) is 5.91 Å². The molecule has 0 bridgehead atoms. The van der Waals surface area contributed by atoms with Crippen LogP contribution in [0.1, 0.15) is 32.3 Å². The van der Waals surface area contributed by atoms with Crippen LogP contribution in [0.3, 0.4) is 0 Å². The monoisotopic (exact) mass is 356 g/mol. The number of hydrogen-bond acceptors (Lipinski definition) is 3. The average molecular weight is 356 g/mol. The molecule has 0 saturated carbocycles. The van der Waals surface area contributed by atoms with Crippen molar-refractivity contribution in [2.45, 2.75) is 45.2 Å². The zero-order chi connectivity index (χ0) is 18.7. The average Bonchev–Trinajstić information content (AvgIpc) is 3.12. The van der Waals surface area contributed by atoms with Gasteiger partial charge in [0, 0.05) is 36.1 Å². The first-order chi connectivity index (χ1) is 12.5. The van der Waals surface area contributed by atoms with Gasteiger partial charge < -0.3 is 15.6 Å². The summed E-state index contributed by atoms with van der Waals surface area (Å²) in [6, 6.07) is 6.98. The van der Waals surface area contributed by atoms with Gasteiger partial charge in [-0.15, -0.1) is 0 Å². The molecule has 1 aliphatic heterocycles. The molecule has 3 N–H and O–H groups in total. The van der Waals surface area contributed by atoms with Gasteiger partial charge in [0.2, 0.25) is 5.91 Å². The van der Waals surface area contributed by atoms with Crippen LogP contribution in [-0.2, 0) is 16.0 Å². The minimum atomic E-state index is -0.622. The summed E-state index contributed by atoms with van der Waals surface area (Å²) >= 11 is 0. The zero-order valence-corrected chi connectivity index (χ0v) is 15.0. The Balaban J connectivity index is 1.56. The van der Waals surface area contributed by atoms with E-state index in [0.717, 1.165) is 16.5 Å². The number of fused-ring (bicyclic) bond motifs is 1. The third-order valence-corrected chi connectivity index (χ3v) is 4.50. The molecule has 0 unspecified atom stereocenters. The summed E-state index contributed by atoms with van der Waals surface area (Å²) in [5, 5.41) is 6.56. The van der Waals surface area contributed by atoms with Gasteiger partial charge in [-0.25, -0.2) is 4.79 Å². The van der Waals surface area contributed by atoms with E-state index in [1.165, 1.54) is 4.90 Å². The number of rotatable bonds is 7. The number of carbonyl (C=O) groups is 3. The number of aromatic amines is 1. The van der Waals surface area contributed by atoms with Gasteiger partial charge in [0.15, 0.2) is 0 Å². The van der Waals surface area contributed by atoms with E-state index in [1.807, 2.05) is 44.3 Å². The molecule has 1 saturated heterocycles. The van der Waals surface area contributed by atoms with Crippen molar-refractivity contribution in [1.82, 2.24) is 20.5 Å². The maximum atomic E-state index is 12.5. The van der Waals surface area contributed by atoms with Crippen LogP contribution < -0.4 is 10.6 Å². The number of aromatic nitrogens is 1. The highest BCUT2D eigenvalue weighted by Gasteiger charge is 2.37. The molecule has 2 heterocycles. The molecule has 1 atom stereocenters. The smallest absolute Gasteiger partial charge is 0.324 e. The van der Waals surface area contributed by atoms with E-state index in [9.17, 15) is 14.4 Å². The van der Waals surface area contributed by atoms with E-state index in [1.54, 1.807) is 0 Å². The first-order valence-corrected chi connectivity index (χ1v) is 8.92. The number of urea groups is 1. The molecule has 0 aliphatic carbocycles. The topological polar surface area (TPSA) is 94.3 Å². The van der Waals surface area contributed by atoms with Gasteiger partial charge in [0.05, 0.1) is 0 Å². The highest BCUT2D eigenvalue weighted by atomic mass is 16.2. The second kappa shape index (κ2) is 7.59. The molecule has 2 aromatic rings. The SMILES string of the molecule is CC(C)NC(=O)CC[C@H]1NC(=O)N(CCc2c[nH]c3ccccc23)C1=O. The normalized spacial score (nSPS) is 17.2. The molecule has 0 radical (unpaired) electrons. The van der Waals surface area contributed by atoms with E-state index in [0.29, 0.717) is 19.4 Å². The van der Waals surface area contributed by atoms with Gasteiger partial charge in [0.1, 0.15) is 6.04 Å². The van der Waals surface area contributed by atoms with Crippen molar-refractivity contribution in [3.8, 4) is 0 Å². The number of nitrogens with one attached hydrogen (secondary N) is 3. The molecule has 138 valence electrons. The molecule has 1 aromatic carbocycles. The lowest BCUT2D eigenvalue weighted by Crippen LogP contribution is -2.35. The van der Waals surface area contributed by atoms with Crippen molar-refractivity contribution in [2.24, 2.45) is 0 Å². The molecule has 0 spiro atoms. The number of hydrogen-bond donors (Lipinski definition) is 3.